The van der Waals surface area contributed by atoms with Gasteiger partial charge in [0.25, 0.3) is 0 Å². The number of hydrogen-bond acceptors (Lipinski definition) is 6. The molecule has 22 heavy (non-hydrogen) atoms. The number of hydrogen-bond donors (Lipinski definition) is 1. The number of rotatable bonds is 8. The fraction of sp³-hybridized carbons (Fsp3) is 0.867. The molecular weight excluding hydrogens is 304 g/mol. The Kier molecular flexibility index (Phi) is 7.25. The molecule has 1 heterocycles. The van der Waals surface area contributed by atoms with Crippen LogP contribution in [-0.2, 0) is 17.8 Å². The van der Waals surface area contributed by atoms with Crippen LogP contribution >= 0.6 is 12.4 Å². The van der Waals surface area contributed by atoms with Crippen LogP contribution in [-0.4, -0.2) is 40.8 Å². The zero-order chi connectivity index (χ0) is 15.5. The molecule has 128 valence electrons. The van der Waals surface area contributed by atoms with Crippen molar-refractivity contribution in [2.24, 2.45) is 11.1 Å². The summed E-state index contributed by atoms with van der Waals surface area (Å²) in [6.45, 7) is 8.36. The Balaban J connectivity index is 0.00000242. The second-order valence-electron chi connectivity index (χ2n) is 5.86. The lowest BCUT2D eigenvalue weighted by Gasteiger charge is -2.58. The van der Waals surface area contributed by atoms with Gasteiger partial charge in [-0.3, -0.25) is 4.90 Å². The lowest BCUT2D eigenvalue weighted by molar-refractivity contribution is -0.169. The Bertz CT molecular complexity index is 451. The predicted octanol–water partition coefficient (Wildman–Crippen LogP) is 2.37. The van der Waals surface area contributed by atoms with Gasteiger partial charge in [0.05, 0.1) is 19.2 Å². The summed E-state index contributed by atoms with van der Waals surface area (Å²) in [7, 11) is 2.13. The summed E-state index contributed by atoms with van der Waals surface area (Å²) in [4.78, 5) is 6.62. The zero-order valence-corrected chi connectivity index (χ0v) is 14.9. The summed E-state index contributed by atoms with van der Waals surface area (Å²) >= 11 is 0. The van der Waals surface area contributed by atoms with Gasteiger partial charge < -0.3 is 15.0 Å². The highest BCUT2D eigenvalue weighted by atomic mass is 35.5. The van der Waals surface area contributed by atoms with Crippen molar-refractivity contribution in [1.82, 2.24) is 15.0 Å². The second kappa shape index (κ2) is 8.24. The molecule has 1 aromatic heterocycles. The van der Waals surface area contributed by atoms with E-state index < -0.39 is 0 Å². The van der Waals surface area contributed by atoms with E-state index >= 15 is 0 Å². The van der Waals surface area contributed by atoms with Crippen molar-refractivity contribution in [1.29, 1.82) is 0 Å². The first-order valence-corrected chi connectivity index (χ1v) is 7.94. The Hall–Kier alpha value is -0.690. The maximum absolute atomic E-state index is 5.93. The van der Waals surface area contributed by atoms with E-state index in [0.717, 1.165) is 25.9 Å². The third kappa shape index (κ3) is 3.45. The third-order valence-corrected chi connectivity index (χ3v) is 5.03. The highest BCUT2D eigenvalue weighted by molar-refractivity contribution is 5.85. The normalized spacial score (nSPS) is 23.2. The van der Waals surface area contributed by atoms with E-state index in [1.807, 2.05) is 0 Å². The molecule has 2 N–H and O–H groups in total. The minimum Gasteiger partial charge on any atom is -0.378 e. The first-order chi connectivity index (χ1) is 10.1. The highest BCUT2D eigenvalue weighted by Gasteiger charge is 2.54. The van der Waals surface area contributed by atoms with Gasteiger partial charge in [-0.05, 0) is 33.2 Å². The van der Waals surface area contributed by atoms with E-state index in [0.29, 0.717) is 37.0 Å². The van der Waals surface area contributed by atoms with Gasteiger partial charge in [0.15, 0.2) is 5.82 Å². The van der Waals surface area contributed by atoms with Crippen LogP contribution < -0.4 is 5.73 Å². The summed E-state index contributed by atoms with van der Waals surface area (Å²) in [6, 6.07) is 0.504. The first-order valence-electron chi connectivity index (χ1n) is 7.94. The largest absolute Gasteiger partial charge is 0.378 e. The van der Waals surface area contributed by atoms with Crippen molar-refractivity contribution in [3.05, 3.63) is 11.7 Å². The van der Waals surface area contributed by atoms with Crippen LogP contribution in [0.25, 0.3) is 0 Å². The molecular formula is C15H29ClN4O2. The fourth-order valence-electron chi connectivity index (χ4n) is 3.73. The van der Waals surface area contributed by atoms with Crippen LogP contribution in [0.2, 0.25) is 0 Å². The topological polar surface area (TPSA) is 77.4 Å². The van der Waals surface area contributed by atoms with Crippen LogP contribution in [0, 0.1) is 5.41 Å². The van der Waals surface area contributed by atoms with Gasteiger partial charge in [-0.15, -0.1) is 12.4 Å². The predicted molar refractivity (Wildman–Crippen MR) is 87.7 cm³/mol. The molecule has 2 unspecified atom stereocenters. The van der Waals surface area contributed by atoms with Crippen molar-refractivity contribution < 1.29 is 9.26 Å². The molecule has 0 aliphatic heterocycles. The van der Waals surface area contributed by atoms with Gasteiger partial charge in [0.1, 0.15) is 0 Å². The lowest BCUT2D eigenvalue weighted by atomic mass is 9.58. The average molecular weight is 333 g/mol. The number of aromatic nitrogens is 2. The van der Waals surface area contributed by atoms with Gasteiger partial charge in [0, 0.05) is 18.1 Å². The Morgan fingerprint density at radius 3 is 2.55 bits per heavy atom. The van der Waals surface area contributed by atoms with Crippen molar-refractivity contribution in [3.8, 4) is 0 Å². The van der Waals surface area contributed by atoms with E-state index in [9.17, 15) is 0 Å². The molecule has 1 aliphatic carbocycles. The summed E-state index contributed by atoms with van der Waals surface area (Å²) in [6.07, 6.45) is 3.70. The van der Waals surface area contributed by atoms with Crippen LogP contribution in [0.3, 0.4) is 0 Å². The van der Waals surface area contributed by atoms with Crippen LogP contribution in [0.1, 0.15) is 51.7 Å². The Labute approximate surface area is 139 Å². The van der Waals surface area contributed by atoms with E-state index in [1.165, 1.54) is 0 Å². The number of halogens is 1. The molecule has 1 fully saturated rings. The molecule has 1 aliphatic rings. The monoisotopic (exact) mass is 332 g/mol. The third-order valence-electron chi connectivity index (χ3n) is 5.03. The maximum atomic E-state index is 5.93. The first kappa shape index (κ1) is 19.4. The highest BCUT2D eigenvalue weighted by Crippen LogP contribution is 2.51. The van der Waals surface area contributed by atoms with Gasteiger partial charge in [-0.1, -0.05) is 19.0 Å². The van der Waals surface area contributed by atoms with Gasteiger partial charge in [-0.2, -0.15) is 4.98 Å². The Morgan fingerprint density at radius 2 is 2.05 bits per heavy atom. The van der Waals surface area contributed by atoms with E-state index in [1.54, 1.807) is 0 Å². The molecule has 2 rings (SSSR count). The summed E-state index contributed by atoms with van der Waals surface area (Å²) in [5.74, 6) is 1.20. The summed E-state index contributed by atoms with van der Waals surface area (Å²) in [5, 5.41) is 3.98. The average Bonchev–Trinajstić information content (AvgIpc) is 2.92. The van der Waals surface area contributed by atoms with Crippen LogP contribution in [0.5, 0.6) is 0 Å². The van der Waals surface area contributed by atoms with Crippen molar-refractivity contribution in [2.75, 3.05) is 13.7 Å². The SMILES string of the molecule is CCOC1CC(N(C)Cc2noc(CN)n2)C1(CC)CC.Cl. The summed E-state index contributed by atoms with van der Waals surface area (Å²) < 4.78 is 11.0. The maximum Gasteiger partial charge on any atom is 0.240 e. The molecule has 2 atom stereocenters. The molecule has 1 saturated carbocycles. The molecule has 0 aromatic carbocycles. The molecule has 0 bridgehead atoms. The molecule has 7 heteroatoms. The molecule has 0 saturated heterocycles. The van der Waals surface area contributed by atoms with E-state index in [2.05, 4.69) is 42.9 Å². The van der Waals surface area contributed by atoms with Crippen molar-refractivity contribution >= 4 is 12.4 Å². The number of nitrogens with zero attached hydrogens (tertiary/aromatic N) is 3. The lowest BCUT2D eigenvalue weighted by Crippen LogP contribution is -2.63. The van der Waals surface area contributed by atoms with Crippen molar-refractivity contribution in [2.45, 2.75) is 65.3 Å². The smallest absolute Gasteiger partial charge is 0.240 e. The van der Waals surface area contributed by atoms with E-state index in [-0.39, 0.29) is 17.8 Å². The minimum atomic E-state index is 0. The Morgan fingerprint density at radius 1 is 1.36 bits per heavy atom. The van der Waals surface area contributed by atoms with E-state index in [4.69, 9.17) is 15.0 Å². The van der Waals surface area contributed by atoms with Crippen LogP contribution in [0.4, 0.5) is 0 Å². The molecule has 0 radical (unpaired) electrons. The molecule has 6 nitrogen and oxygen atoms in total. The summed E-state index contributed by atoms with van der Waals surface area (Å²) in [5.41, 5.74) is 5.74. The molecule has 0 amide bonds. The van der Waals surface area contributed by atoms with Gasteiger partial charge in [0.2, 0.25) is 5.89 Å². The van der Waals surface area contributed by atoms with Crippen molar-refractivity contribution in [3.63, 3.8) is 0 Å². The molecule has 0 spiro atoms. The minimum absolute atomic E-state index is 0. The number of nitrogens with two attached hydrogens (primary N) is 1. The second-order valence-corrected chi connectivity index (χ2v) is 5.86. The van der Waals surface area contributed by atoms with Crippen LogP contribution in [0.15, 0.2) is 4.52 Å². The quantitative estimate of drug-likeness (QED) is 0.787. The molecule has 1 aromatic rings. The number of ether oxygens (including phenoxy) is 1. The standard InChI is InChI=1S/C15H28N4O2.ClH/c1-5-15(6-2)11(8-12(15)20-7-3)19(4)10-13-17-14(9-16)21-18-13;/h11-12H,5-10,16H2,1-4H3;1H. The van der Waals surface area contributed by atoms with Gasteiger partial charge in [-0.25, -0.2) is 0 Å². The zero-order valence-electron chi connectivity index (χ0n) is 14.0. The van der Waals surface area contributed by atoms with Gasteiger partial charge >= 0.3 is 0 Å². The fourth-order valence-corrected chi connectivity index (χ4v) is 3.73.